The molecule has 1 N–H and O–H groups in total. The van der Waals surface area contributed by atoms with Gasteiger partial charge in [0.25, 0.3) is 5.56 Å². The van der Waals surface area contributed by atoms with Gasteiger partial charge in [-0.25, -0.2) is 4.98 Å². The number of benzene rings is 1. The van der Waals surface area contributed by atoms with Crippen LogP contribution in [0.3, 0.4) is 0 Å². The van der Waals surface area contributed by atoms with Crippen LogP contribution < -0.4 is 10.9 Å². The molecule has 88 valence electrons. The lowest BCUT2D eigenvalue weighted by Crippen LogP contribution is -2.26. The van der Waals surface area contributed by atoms with E-state index >= 15 is 0 Å². The molecule has 1 aromatic heterocycles. The van der Waals surface area contributed by atoms with E-state index in [1.165, 1.54) is 0 Å². The van der Waals surface area contributed by atoms with Crippen molar-refractivity contribution in [1.29, 1.82) is 0 Å². The Morgan fingerprint density at radius 3 is 2.69 bits per heavy atom. The third-order valence-electron chi connectivity index (χ3n) is 2.06. The first-order chi connectivity index (χ1) is 6.83. The highest BCUT2D eigenvalue weighted by Crippen LogP contribution is 2.03. The highest BCUT2D eigenvalue weighted by atomic mass is 35.5. The van der Waals surface area contributed by atoms with Crippen molar-refractivity contribution in [1.82, 2.24) is 14.9 Å². The highest BCUT2D eigenvalue weighted by molar-refractivity contribution is 5.85. The molecule has 4 nitrogen and oxygen atoms in total. The van der Waals surface area contributed by atoms with E-state index in [9.17, 15) is 4.79 Å². The second-order valence-corrected chi connectivity index (χ2v) is 3.05. The standard InChI is InChI=1S/C10H11N3O.2ClH/c1-11-6-13-7-12-9-5-3-2-4-8(9)10(13)14;;/h2-5,7,11H,6H2,1H3;2*1H. The second kappa shape index (κ2) is 6.48. The average Bonchev–Trinajstić information content (AvgIpc) is 2.23. The topological polar surface area (TPSA) is 46.9 Å². The minimum Gasteiger partial charge on any atom is -0.303 e. The van der Waals surface area contributed by atoms with Gasteiger partial charge in [-0.05, 0) is 19.2 Å². The Bertz CT molecular complexity index is 513. The molecule has 0 fully saturated rings. The molecule has 0 aliphatic rings. The minimum atomic E-state index is -0.00931. The molecule has 6 heteroatoms. The zero-order valence-electron chi connectivity index (χ0n) is 8.71. The van der Waals surface area contributed by atoms with Gasteiger partial charge in [-0.2, -0.15) is 0 Å². The third-order valence-corrected chi connectivity index (χ3v) is 2.06. The molecule has 16 heavy (non-hydrogen) atoms. The summed E-state index contributed by atoms with van der Waals surface area (Å²) in [4.78, 5) is 16.0. The molecule has 0 saturated carbocycles. The molecule has 0 aliphatic heterocycles. The van der Waals surface area contributed by atoms with Crippen LogP contribution in [0.15, 0.2) is 35.4 Å². The molecule has 0 atom stereocenters. The maximum atomic E-state index is 11.8. The van der Waals surface area contributed by atoms with Crippen molar-refractivity contribution in [2.45, 2.75) is 6.67 Å². The van der Waals surface area contributed by atoms with E-state index in [0.717, 1.165) is 5.52 Å². The zero-order valence-corrected chi connectivity index (χ0v) is 10.3. The Balaban J connectivity index is 0.00000112. The van der Waals surface area contributed by atoms with E-state index in [0.29, 0.717) is 12.1 Å². The SMILES string of the molecule is CNCn1cnc2ccccc2c1=O.Cl.Cl. The lowest BCUT2D eigenvalue weighted by Gasteiger charge is -2.04. The fourth-order valence-electron chi connectivity index (χ4n) is 1.39. The molecular weight excluding hydrogens is 249 g/mol. The number of nitrogens with one attached hydrogen (secondary N) is 1. The van der Waals surface area contributed by atoms with Crippen LogP contribution in [0.25, 0.3) is 10.9 Å². The van der Waals surface area contributed by atoms with Crippen molar-refractivity contribution in [3.8, 4) is 0 Å². The number of fused-ring (bicyclic) bond motifs is 1. The Kier molecular flexibility index (Phi) is 6.03. The maximum absolute atomic E-state index is 11.8. The van der Waals surface area contributed by atoms with Crippen molar-refractivity contribution in [3.05, 3.63) is 40.9 Å². The van der Waals surface area contributed by atoms with E-state index < -0.39 is 0 Å². The van der Waals surface area contributed by atoms with Gasteiger partial charge in [0.05, 0.1) is 23.9 Å². The van der Waals surface area contributed by atoms with Crippen LogP contribution >= 0.6 is 24.8 Å². The van der Waals surface area contributed by atoms with Gasteiger partial charge in [0, 0.05) is 0 Å². The van der Waals surface area contributed by atoms with Gasteiger partial charge in [-0.1, -0.05) is 12.1 Å². The van der Waals surface area contributed by atoms with Crippen molar-refractivity contribution in [2.75, 3.05) is 7.05 Å². The molecule has 0 aliphatic carbocycles. The molecule has 0 spiro atoms. The van der Waals surface area contributed by atoms with E-state index in [4.69, 9.17) is 0 Å². The second-order valence-electron chi connectivity index (χ2n) is 3.05. The van der Waals surface area contributed by atoms with Crippen molar-refractivity contribution >= 4 is 35.7 Å². The van der Waals surface area contributed by atoms with Gasteiger partial charge < -0.3 is 5.32 Å². The Labute approximate surface area is 106 Å². The number of hydrogen-bond donors (Lipinski definition) is 1. The summed E-state index contributed by atoms with van der Waals surface area (Å²) in [6.07, 6.45) is 1.56. The number of hydrogen-bond acceptors (Lipinski definition) is 3. The summed E-state index contributed by atoms with van der Waals surface area (Å²) < 4.78 is 1.54. The lowest BCUT2D eigenvalue weighted by atomic mass is 10.2. The van der Waals surface area contributed by atoms with Crippen molar-refractivity contribution < 1.29 is 0 Å². The maximum Gasteiger partial charge on any atom is 0.262 e. The average molecular weight is 262 g/mol. The van der Waals surface area contributed by atoms with Gasteiger partial charge in [0.2, 0.25) is 0 Å². The van der Waals surface area contributed by atoms with Crippen LogP contribution in [0.1, 0.15) is 0 Å². The summed E-state index contributed by atoms with van der Waals surface area (Å²) in [7, 11) is 1.79. The first-order valence-corrected chi connectivity index (χ1v) is 4.41. The van der Waals surface area contributed by atoms with Gasteiger partial charge >= 0.3 is 0 Å². The van der Waals surface area contributed by atoms with Gasteiger partial charge in [-0.15, -0.1) is 24.8 Å². The van der Waals surface area contributed by atoms with E-state index in [1.54, 1.807) is 24.0 Å². The Hall–Kier alpha value is -1.10. The summed E-state index contributed by atoms with van der Waals surface area (Å²) >= 11 is 0. The molecule has 0 saturated heterocycles. The summed E-state index contributed by atoms with van der Waals surface area (Å²) in [5.74, 6) is 0. The number of aromatic nitrogens is 2. The molecule has 1 heterocycles. The molecule has 0 amide bonds. The third kappa shape index (κ3) is 2.72. The first kappa shape index (κ1) is 14.9. The van der Waals surface area contributed by atoms with Gasteiger partial charge in [0.1, 0.15) is 0 Å². The highest BCUT2D eigenvalue weighted by Gasteiger charge is 2.00. The monoisotopic (exact) mass is 261 g/mol. The molecule has 0 unspecified atom stereocenters. The predicted molar refractivity (Wildman–Crippen MR) is 69.6 cm³/mol. The van der Waals surface area contributed by atoms with E-state index in [2.05, 4.69) is 10.3 Å². The number of rotatable bonds is 2. The van der Waals surface area contributed by atoms with Gasteiger partial charge in [0.15, 0.2) is 0 Å². The Morgan fingerprint density at radius 1 is 1.31 bits per heavy atom. The van der Waals surface area contributed by atoms with Crippen molar-refractivity contribution in [3.63, 3.8) is 0 Å². The van der Waals surface area contributed by atoms with Crippen LogP contribution in [0.5, 0.6) is 0 Å². The van der Waals surface area contributed by atoms with Gasteiger partial charge in [-0.3, -0.25) is 9.36 Å². The fraction of sp³-hybridized carbons (Fsp3) is 0.200. The Morgan fingerprint density at radius 2 is 2.00 bits per heavy atom. The number of para-hydroxylation sites is 1. The minimum absolute atomic E-state index is 0. The van der Waals surface area contributed by atoms with E-state index in [1.807, 2.05) is 18.2 Å². The molecule has 2 rings (SSSR count). The smallest absolute Gasteiger partial charge is 0.262 e. The first-order valence-electron chi connectivity index (χ1n) is 4.41. The number of halogens is 2. The molecule has 0 bridgehead atoms. The summed E-state index contributed by atoms with van der Waals surface area (Å²) in [6, 6.07) is 7.34. The van der Waals surface area contributed by atoms with Crippen molar-refractivity contribution in [2.24, 2.45) is 0 Å². The normalized spacial score (nSPS) is 9.31. The van der Waals surface area contributed by atoms with Crippen LogP contribution in [0, 0.1) is 0 Å². The fourth-order valence-corrected chi connectivity index (χ4v) is 1.39. The molecule has 2 aromatic rings. The zero-order chi connectivity index (χ0) is 9.97. The van der Waals surface area contributed by atoms with Crippen LogP contribution in [-0.2, 0) is 6.67 Å². The predicted octanol–water partition coefficient (Wildman–Crippen LogP) is 1.42. The quantitative estimate of drug-likeness (QED) is 0.890. The molecular formula is C10H13Cl2N3O. The summed E-state index contributed by atoms with van der Waals surface area (Å²) in [6.45, 7) is 0.483. The molecule has 1 aromatic carbocycles. The van der Waals surface area contributed by atoms with Crippen LogP contribution in [0.4, 0.5) is 0 Å². The summed E-state index contributed by atoms with van der Waals surface area (Å²) in [5, 5.41) is 3.57. The van der Waals surface area contributed by atoms with Crippen LogP contribution in [0.2, 0.25) is 0 Å². The van der Waals surface area contributed by atoms with Crippen LogP contribution in [-0.4, -0.2) is 16.6 Å². The number of nitrogens with zero attached hydrogens (tertiary/aromatic N) is 2. The molecule has 0 radical (unpaired) electrons. The van der Waals surface area contributed by atoms with E-state index in [-0.39, 0.29) is 30.4 Å². The summed E-state index contributed by atoms with van der Waals surface area (Å²) in [5.41, 5.74) is 0.731. The lowest BCUT2D eigenvalue weighted by molar-refractivity contribution is 0.593. The largest absolute Gasteiger partial charge is 0.303 e.